The molecule has 11 heteroatoms. The van der Waals surface area contributed by atoms with Crippen molar-refractivity contribution in [3.63, 3.8) is 0 Å². The van der Waals surface area contributed by atoms with Gasteiger partial charge in [0.05, 0.1) is 29.5 Å². The number of benzene rings is 4. The number of ether oxygens (including phenoxy) is 2. The number of rotatable bonds is 16. The molecule has 312 valence electrons. The van der Waals surface area contributed by atoms with E-state index in [1.165, 1.54) is 11.0 Å². The van der Waals surface area contributed by atoms with E-state index in [4.69, 9.17) is 13.9 Å². The Balaban J connectivity index is 1.75. The molecule has 5 rings (SSSR count). The van der Waals surface area contributed by atoms with Gasteiger partial charge in [0.2, 0.25) is 5.91 Å². The van der Waals surface area contributed by atoms with Crippen LogP contribution in [-0.2, 0) is 28.3 Å². The third kappa shape index (κ3) is 9.10. The molecule has 1 saturated heterocycles. The number of nitrogens with zero attached hydrogens (tertiary/aromatic N) is 2. The number of β-lactam (4-membered cyclic amide) rings is 1. The molecule has 1 amide bonds. The average molecular weight is 835 g/mol. The van der Waals surface area contributed by atoms with Crippen LogP contribution in [0.3, 0.4) is 0 Å². The van der Waals surface area contributed by atoms with E-state index in [1.54, 1.807) is 19.1 Å². The first-order valence-electron chi connectivity index (χ1n) is 20.4. The quantitative estimate of drug-likeness (QED) is 0.0280. The zero-order chi connectivity index (χ0) is 43.1. The molecule has 0 spiro atoms. The first-order chi connectivity index (χ1) is 28.0. The number of amides is 1. The third-order valence-electron chi connectivity index (χ3n) is 11.8. The van der Waals surface area contributed by atoms with Crippen LogP contribution in [0.1, 0.15) is 58.8 Å². The zero-order valence-electron chi connectivity index (χ0n) is 35.9. The van der Waals surface area contributed by atoms with Gasteiger partial charge in [0.25, 0.3) is 0 Å². The minimum absolute atomic E-state index is 0.110. The maximum Gasteiger partial charge on any atom is 0.356 e. The fraction of sp³-hybridized carbons (Fsp3) is 0.354. The highest BCUT2D eigenvalue weighted by molar-refractivity contribution is 7.96. The average Bonchev–Trinajstić information content (AvgIpc) is 3.22. The summed E-state index contributed by atoms with van der Waals surface area (Å²) in [7, 11) is -2.45. The smallest absolute Gasteiger partial charge is 0.356 e. The molecule has 4 aromatic rings. The normalized spacial score (nSPS) is 16.6. The van der Waals surface area contributed by atoms with Crippen molar-refractivity contribution in [1.29, 1.82) is 0 Å². The first-order valence-corrected chi connectivity index (χ1v) is 25.1. The summed E-state index contributed by atoms with van der Waals surface area (Å²) in [4.78, 5) is 61.8. The van der Waals surface area contributed by atoms with E-state index in [9.17, 15) is 9.59 Å². The van der Waals surface area contributed by atoms with Gasteiger partial charge >= 0.3 is 17.9 Å². The SMILES string of the molecule is C=CCOC(=O)C(N1C(=O)[C@H]([C@@H](C)O[Si](C)(C)C(C)(C)C)[C@H]1[C@@H](C)C(=O)OC(=O)c1ccc(N(CC)CC)cc1)=P(c1ccccc1)(c1ccccc1)c1ccccc1. The highest BCUT2D eigenvalue weighted by Crippen LogP contribution is 2.51. The second-order valence-electron chi connectivity index (χ2n) is 16.4. The summed E-state index contributed by atoms with van der Waals surface area (Å²) in [6, 6.07) is 35.0. The van der Waals surface area contributed by atoms with Crippen LogP contribution < -0.4 is 20.8 Å². The van der Waals surface area contributed by atoms with E-state index in [1.807, 2.05) is 110 Å². The van der Waals surface area contributed by atoms with Gasteiger partial charge in [-0.1, -0.05) is 124 Å². The van der Waals surface area contributed by atoms with Gasteiger partial charge in [0.15, 0.2) is 8.32 Å². The largest absolute Gasteiger partial charge is 0.457 e. The summed E-state index contributed by atoms with van der Waals surface area (Å²) in [5.41, 5.74) is 1.28. The maximum atomic E-state index is 15.2. The van der Waals surface area contributed by atoms with E-state index >= 15 is 9.59 Å². The number of carbonyl (C=O) groups excluding carboxylic acids is 4. The lowest BCUT2D eigenvalue weighted by Gasteiger charge is -2.54. The van der Waals surface area contributed by atoms with Crippen LogP contribution in [0.4, 0.5) is 5.69 Å². The minimum atomic E-state index is -3.29. The Morgan fingerprint density at radius 1 is 0.814 bits per heavy atom. The van der Waals surface area contributed by atoms with Crippen molar-refractivity contribution >= 4 is 66.0 Å². The van der Waals surface area contributed by atoms with Gasteiger partial charge in [0.1, 0.15) is 12.0 Å². The monoisotopic (exact) mass is 834 g/mol. The standard InChI is InChI=1S/C48H59N2O7PSi/c1-11-33-55-47(54)44(58(38-23-17-14-18-24-38,39-25-19-15-20-26-39)40-27-21-16-22-28-40)50-42(41(43(50)51)35(5)57-59(9,10)48(6,7)8)34(4)45(52)56-46(53)36-29-31-37(32-30-36)49(12-2)13-3/h11,14-32,34-35,41-42H,1,12-13,33H2,2-10H3/t34-,35-,41-,42-/m1/s1. The molecule has 0 saturated carbocycles. The summed E-state index contributed by atoms with van der Waals surface area (Å²) in [5, 5.41) is 2.24. The van der Waals surface area contributed by atoms with Gasteiger partial charge < -0.3 is 23.7 Å². The molecule has 1 aliphatic heterocycles. The van der Waals surface area contributed by atoms with E-state index in [0.717, 1.165) is 34.7 Å². The molecule has 0 radical (unpaired) electrons. The molecule has 1 aliphatic rings. The van der Waals surface area contributed by atoms with Gasteiger partial charge in [0, 0.05) is 25.7 Å². The Morgan fingerprint density at radius 3 is 1.71 bits per heavy atom. The van der Waals surface area contributed by atoms with Crippen molar-refractivity contribution in [2.45, 2.75) is 78.7 Å². The number of anilines is 1. The van der Waals surface area contributed by atoms with Crippen molar-refractivity contribution in [2.24, 2.45) is 11.8 Å². The molecule has 0 bridgehead atoms. The fourth-order valence-corrected chi connectivity index (χ4v) is 13.5. The van der Waals surface area contributed by atoms with E-state index in [0.29, 0.717) is 0 Å². The molecule has 59 heavy (non-hydrogen) atoms. The van der Waals surface area contributed by atoms with Crippen LogP contribution in [0.15, 0.2) is 128 Å². The number of hydrogen-bond acceptors (Lipinski definition) is 8. The number of hydrogen-bond donors (Lipinski definition) is 0. The Kier molecular flexibility index (Phi) is 14.5. The molecule has 0 aliphatic carbocycles. The van der Waals surface area contributed by atoms with Crippen molar-refractivity contribution in [2.75, 3.05) is 24.6 Å². The molecule has 9 nitrogen and oxygen atoms in total. The highest BCUT2D eigenvalue weighted by atomic mass is 31.2. The molecule has 4 aromatic carbocycles. The lowest BCUT2D eigenvalue weighted by molar-refractivity contribution is -0.165. The Labute approximate surface area is 351 Å². The van der Waals surface area contributed by atoms with Crippen LogP contribution in [0.5, 0.6) is 0 Å². The van der Waals surface area contributed by atoms with Crippen molar-refractivity contribution in [3.05, 3.63) is 133 Å². The molecule has 0 unspecified atom stereocenters. The van der Waals surface area contributed by atoms with Crippen molar-refractivity contribution in [3.8, 4) is 0 Å². The number of carbonyl (C=O) groups is 4. The van der Waals surface area contributed by atoms with E-state index < -0.39 is 57.1 Å². The summed E-state index contributed by atoms with van der Waals surface area (Å²) in [5.74, 6) is -4.65. The van der Waals surface area contributed by atoms with Gasteiger partial charge in [-0.2, -0.15) is 0 Å². The molecular weight excluding hydrogens is 776 g/mol. The lowest BCUT2D eigenvalue weighted by atomic mass is 9.76. The predicted molar refractivity (Wildman–Crippen MR) is 243 cm³/mol. The first kappa shape index (κ1) is 45.1. The third-order valence-corrected chi connectivity index (χ3v) is 20.6. The number of esters is 3. The maximum absolute atomic E-state index is 15.2. The molecular formula is C48H59N2O7PSi. The van der Waals surface area contributed by atoms with Crippen LogP contribution in [0, 0.1) is 11.8 Å². The van der Waals surface area contributed by atoms with Crippen LogP contribution in [-0.4, -0.2) is 74.3 Å². The fourth-order valence-electron chi connectivity index (χ4n) is 7.65. The van der Waals surface area contributed by atoms with E-state index in [2.05, 4.69) is 59.2 Å². The van der Waals surface area contributed by atoms with Crippen LogP contribution >= 0.6 is 6.89 Å². The summed E-state index contributed by atoms with van der Waals surface area (Å²) in [6.45, 7) is 20.2. The van der Waals surface area contributed by atoms with Gasteiger partial charge in [-0.15, -0.1) is 0 Å². The molecule has 1 heterocycles. The summed E-state index contributed by atoms with van der Waals surface area (Å²) >= 11 is 0. The van der Waals surface area contributed by atoms with Gasteiger partial charge in [-0.05, 0) is 86.0 Å². The second kappa shape index (κ2) is 18.9. The molecule has 0 aromatic heterocycles. The molecule has 1 fully saturated rings. The van der Waals surface area contributed by atoms with Crippen molar-refractivity contribution in [1.82, 2.24) is 4.90 Å². The topological polar surface area (TPSA) is 102 Å². The van der Waals surface area contributed by atoms with Gasteiger partial charge in [-0.3, -0.25) is 9.59 Å². The minimum Gasteiger partial charge on any atom is -0.457 e. The van der Waals surface area contributed by atoms with Crippen LogP contribution in [0.25, 0.3) is 0 Å². The zero-order valence-corrected chi connectivity index (χ0v) is 37.8. The molecule has 4 atom stereocenters. The Bertz CT molecular complexity index is 2060. The van der Waals surface area contributed by atoms with Crippen LogP contribution in [0.2, 0.25) is 18.1 Å². The summed E-state index contributed by atoms with van der Waals surface area (Å²) < 4.78 is 18.4. The molecule has 0 N–H and O–H groups in total. The lowest BCUT2D eigenvalue weighted by Crippen LogP contribution is -2.71. The van der Waals surface area contributed by atoms with E-state index in [-0.39, 0.29) is 28.5 Å². The highest BCUT2D eigenvalue weighted by Gasteiger charge is 2.60. The Morgan fingerprint density at radius 2 is 1.29 bits per heavy atom. The number of likely N-dealkylation sites (tertiary alicyclic amines) is 1. The van der Waals surface area contributed by atoms with Gasteiger partial charge in [-0.25, -0.2) is 9.59 Å². The summed E-state index contributed by atoms with van der Waals surface area (Å²) in [6.07, 6.45) is 0.836. The predicted octanol–water partition coefficient (Wildman–Crippen LogP) is 7.94. The van der Waals surface area contributed by atoms with Crippen molar-refractivity contribution < 1.29 is 33.1 Å². The Hall–Kier alpha value is -5.02. The second-order valence-corrected chi connectivity index (χ2v) is 24.5.